The standard InChI is InChI=1S/C13H18F3N3O2/c1-9(12(20)18-3-5-21-6-4-18)8-19-10(2)7-11(17-19)13(14,15)16/h7,9H,3-6,8H2,1-2H3/t9-/m0/s1. The summed E-state index contributed by atoms with van der Waals surface area (Å²) >= 11 is 0. The number of rotatable bonds is 3. The summed E-state index contributed by atoms with van der Waals surface area (Å²) in [6.07, 6.45) is -4.46. The van der Waals surface area contributed by atoms with Crippen molar-refractivity contribution in [2.45, 2.75) is 26.6 Å². The van der Waals surface area contributed by atoms with Gasteiger partial charge in [-0.25, -0.2) is 0 Å². The number of hydrogen-bond donors (Lipinski definition) is 0. The molecule has 0 spiro atoms. The lowest BCUT2D eigenvalue weighted by atomic mass is 10.1. The molecular formula is C13H18F3N3O2. The molecule has 5 nitrogen and oxygen atoms in total. The van der Waals surface area contributed by atoms with Gasteiger partial charge in [-0.1, -0.05) is 6.92 Å². The number of carbonyl (C=O) groups is 1. The lowest BCUT2D eigenvalue weighted by molar-refractivity contribution is -0.141. The summed E-state index contributed by atoms with van der Waals surface area (Å²) in [7, 11) is 0. The molecule has 0 aliphatic carbocycles. The van der Waals surface area contributed by atoms with E-state index in [0.717, 1.165) is 6.07 Å². The number of carbonyl (C=O) groups excluding carboxylic acids is 1. The van der Waals surface area contributed by atoms with Crippen molar-refractivity contribution in [3.05, 3.63) is 17.5 Å². The van der Waals surface area contributed by atoms with Crippen LogP contribution in [0.1, 0.15) is 18.3 Å². The molecule has 0 saturated carbocycles. The van der Waals surface area contributed by atoms with Crippen LogP contribution in [-0.4, -0.2) is 46.9 Å². The molecule has 1 aromatic rings. The van der Waals surface area contributed by atoms with Crippen molar-refractivity contribution in [3.63, 3.8) is 0 Å². The SMILES string of the molecule is Cc1cc(C(F)(F)F)nn1C[C@H](C)C(=O)N1CCOCC1. The maximum absolute atomic E-state index is 12.6. The number of nitrogens with zero attached hydrogens (tertiary/aromatic N) is 3. The van der Waals surface area contributed by atoms with Crippen molar-refractivity contribution < 1.29 is 22.7 Å². The quantitative estimate of drug-likeness (QED) is 0.854. The van der Waals surface area contributed by atoms with E-state index in [4.69, 9.17) is 4.74 Å². The third kappa shape index (κ3) is 3.75. The Morgan fingerprint density at radius 2 is 2.05 bits per heavy atom. The van der Waals surface area contributed by atoms with E-state index in [1.165, 1.54) is 4.68 Å². The fourth-order valence-electron chi connectivity index (χ4n) is 2.27. The molecule has 2 heterocycles. The van der Waals surface area contributed by atoms with Gasteiger partial charge in [0, 0.05) is 18.8 Å². The zero-order valence-corrected chi connectivity index (χ0v) is 12.0. The van der Waals surface area contributed by atoms with Gasteiger partial charge in [0.15, 0.2) is 5.69 Å². The van der Waals surface area contributed by atoms with Crippen molar-refractivity contribution in [2.24, 2.45) is 5.92 Å². The fourth-order valence-corrected chi connectivity index (χ4v) is 2.27. The zero-order chi connectivity index (χ0) is 15.6. The smallest absolute Gasteiger partial charge is 0.378 e. The van der Waals surface area contributed by atoms with Gasteiger partial charge in [0.2, 0.25) is 5.91 Å². The second kappa shape index (κ2) is 6.05. The molecule has 1 aliphatic rings. The topological polar surface area (TPSA) is 47.4 Å². The van der Waals surface area contributed by atoms with E-state index in [0.29, 0.717) is 32.0 Å². The van der Waals surface area contributed by atoms with Crippen LogP contribution < -0.4 is 0 Å². The molecule has 0 aromatic carbocycles. The summed E-state index contributed by atoms with van der Waals surface area (Å²) in [4.78, 5) is 13.9. The number of morpholine rings is 1. The molecule has 8 heteroatoms. The summed E-state index contributed by atoms with van der Waals surface area (Å²) in [6, 6.07) is 0.992. The van der Waals surface area contributed by atoms with Gasteiger partial charge < -0.3 is 9.64 Å². The fraction of sp³-hybridized carbons (Fsp3) is 0.692. The van der Waals surface area contributed by atoms with Gasteiger partial charge in [-0.15, -0.1) is 0 Å². The highest BCUT2D eigenvalue weighted by atomic mass is 19.4. The molecule has 0 bridgehead atoms. The summed E-state index contributed by atoms with van der Waals surface area (Å²) in [6.45, 7) is 5.43. The van der Waals surface area contributed by atoms with Crippen LogP contribution >= 0.6 is 0 Å². The molecule has 118 valence electrons. The number of halogens is 3. The molecule has 1 aliphatic heterocycles. The Kier molecular flexibility index (Phi) is 4.55. The molecule has 1 aromatic heterocycles. The molecule has 1 fully saturated rings. The zero-order valence-electron chi connectivity index (χ0n) is 12.0. The first-order valence-electron chi connectivity index (χ1n) is 6.77. The molecule has 1 atom stereocenters. The predicted molar refractivity (Wildman–Crippen MR) is 68.5 cm³/mol. The van der Waals surface area contributed by atoms with Crippen molar-refractivity contribution in [1.82, 2.24) is 14.7 Å². The second-order valence-corrected chi connectivity index (χ2v) is 5.19. The summed E-state index contributed by atoms with van der Waals surface area (Å²) in [5, 5.41) is 3.54. The summed E-state index contributed by atoms with van der Waals surface area (Å²) in [5.41, 5.74) is -0.532. The number of amides is 1. The van der Waals surface area contributed by atoms with E-state index in [1.54, 1.807) is 18.7 Å². The highest BCUT2D eigenvalue weighted by Crippen LogP contribution is 2.28. The van der Waals surface area contributed by atoms with Crippen LogP contribution in [-0.2, 0) is 22.3 Å². The lowest BCUT2D eigenvalue weighted by Crippen LogP contribution is -2.44. The first-order valence-corrected chi connectivity index (χ1v) is 6.77. The number of aryl methyl sites for hydroxylation is 1. The Hall–Kier alpha value is -1.57. The Bertz CT molecular complexity index is 507. The van der Waals surface area contributed by atoms with Gasteiger partial charge in [-0.2, -0.15) is 18.3 Å². The Labute approximate surface area is 120 Å². The van der Waals surface area contributed by atoms with Gasteiger partial charge in [-0.3, -0.25) is 9.48 Å². The first-order chi connectivity index (χ1) is 9.79. The highest BCUT2D eigenvalue weighted by Gasteiger charge is 2.34. The Morgan fingerprint density at radius 3 is 2.57 bits per heavy atom. The van der Waals surface area contributed by atoms with Crippen molar-refractivity contribution in [2.75, 3.05) is 26.3 Å². The van der Waals surface area contributed by atoms with Gasteiger partial charge in [-0.05, 0) is 13.0 Å². The van der Waals surface area contributed by atoms with E-state index < -0.39 is 17.8 Å². The Morgan fingerprint density at radius 1 is 1.43 bits per heavy atom. The normalized spacial score (nSPS) is 17.9. The minimum absolute atomic E-state index is 0.0817. The largest absolute Gasteiger partial charge is 0.435 e. The van der Waals surface area contributed by atoms with Gasteiger partial charge >= 0.3 is 6.18 Å². The molecule has 0 N–H and O–H groups in total. The highest BCUT2D eigenvalue weighted by molar-refractivity contribution is 5.78. The van der Waals surface area contributed by atoms with E-state index in [-0.39, 0.29) is 12.5 Å². The molecule has 0 radical (unpaired) electrons. The minimum Gasteiger partial charge on any atom is -0.378 e. The molecule has 21 heavy (non-hydrogen) atoms. The van der Waals surface area contributed by atoms with E-state index >= 15 is 0 Å². The van der Waals surface area contributed by atoms with Gasteiger partial charge in [0.05, 0.1) is 25.7 Å². The van der Waals surface area contributed by atoms with Crippen molar-refractivity contribution in [3.8, 4) is 0 Å². The van der Waals surface area contributed by atoms with Crippen LogP contribution in [0.25, 0.3) is 0 Å². The molecule has 1 amide bonds. The molecular weight excluding hydrogens is 287 g/mol. The molecule has 2 rings (SSSR count). The van der Waals surface area contributed by atoms with Crippen LogP contribution in [0.15, 0.2) is 6.07 Å². The minimum atomic E-state index is -4.46. The number of alkyl halides is 3. The number of hydrogen-bond acceptors (Lipinski definition) is 3. The van der Waals surface area contributed by atoms with Crippen LogP contribution in [0.5, 0.6) is 0 Å². The molecule has 0 unspecified atom stereocenters. The monoisotopic (exact) mass is 305 g/mol. The first kappa shape index (κ1) is 15.8. The third-order valence-electron chi connectivity index (χ3n) is 3.46. The Balaban J connectivity index is 2.03. The van der Waals surface area contributed by atoms with Crippen LogP contribution in [0.2, 0.25) is 0 Å². The number of ether oxygens (including phenoxy) is 1. The molecule has 1 saturated heterocycles. The van der Waals surface area contributed by atoms with E-state index in [1.807, 2.05) is 0 Å². The average Bonchev–Trinajstić information content (AvgIpc) is 2.80. The van der Waals surface area contributed by atoms with E-state index in [9.17, 15) is 18.0 Å². The average molecular weight is 305 g/mol. The maximum atomic E-state index is 12.6. The van der Waals surface area contributed by atoms with Crippen molar-refractivity contribution >= 4 is 5.91 Å². The maximum Gasteiger partial charge on any atom is 0.435 e. The van der Waals surface area contributed by atoms with Crippen LogP contribution in [0.4, 0.5) is 13.2 Å². The summed E-state index contributed by atoms with van der Waals surface area (Å²) < 4.78 is 44.2. The van der Waals surface area contributed by atoms with Crippen molar-refractivity contribution in [1.29, 1.82) is 0 Å². The lowest BCUT2D eigenvalue weighted by Gasteiger charge is -2.29. The third-order valence-corrected chi connectivity index (χ3v) is 3.46. The second-order valence-electron chi connectivity index (χ2n) is 5.19. The van der Waals surface area contributed by atoms with Gasteiger partial charge in [0.25, 0.3) is 0 Å². The predicted octanol–water partition coefficient (Wildman–Crippen LogP) is 1.71. The van der Waals surface area contributed by atoms with Gasteiger partial charge in [0.1, 0.15) is 0 Å². The van der Waals surface area contributed by atoms with Crippen LogP contribution in [0, 0.1) is 12.8 Å². The number of aromatic nitrogens is 2. The van der Waals surface area contributed by atoms with Crippen LogP contribution in [0.3, 0.4) is 0 Å². The van der Waals surface area contributed by atoms with E-state index in [2.05, 4.69) is 5.10 Å². The summed E-state index contributed by atoms with van der Waals surface area (Å²) in [5.74, 6) is -0.510.